The molecule has 0 spiro atoms. The normalized spacial score (nSPS) is 16.7. The Bertz CT molecular complexity index is 866. The maximum absolute atomic E-state index is 13.0. The van der Waals surface area contributed by atoms with Crippen molar-refractivity contribution < 1.29 is 9.59 Å². The number of hydrogen-bond donors (Lipinski definition) is 1. The molecule has 0 atom stereocenters. The highest BCUT2D eigenvalue weighted by Crippen LogP contribution is 2.32. The number of aryl methyl sites for hydroxylation is 1. The summed E-state index contributed by atoms with van der Waals surface area (Å²) < 4.78 is 1.87. The number of anilines is 1. The van der Waals surface area contributed by atoms with Crippen molar-refractivity contribution in [3.05, 3.63) is 41.6 Å². The Morgan fingerprint density at radius 1 is 1.11 bits per heavy atom. The summed E-state index contributed by atoms with van der Waals surface area (Å²) in [4.78, 5) is 28.5. The smallest absolute Gasteiger partial charge is 0.319 e. The minimum Gasteiger partial charge on any atom is -0.331 e. The Morgan fingerprint density at radius 3 is 2.50 bits per heavy atom. The standard InChI is InChI=1S/C21H27N5O2/c1-24(2)21(28)25-13-11-15(12-14-25)20(27)22-19-17-9-6-10-18(17)23-26(19)16-7-4-3-5-8-16/h3-5,7-8,15H,6,9-14H2,1-2H3,(H,22,27). The lowest BCUT2D eigenvalue weighted by Crippen LogP contribution is -2.45. The summed E-state index contributed by atoms with van der Waals surface area (Å²) in [5.41, 5.74) is 3.21. The van der Waals surface area contributed by atoms with Crippen LogP contribution in [0.5, 0.6) is 0 Å². The van der Waals surface area contributed by atoms with E-state index < -0.39 is 0 Å². The third-order valence-electron chi connectivity index (χ3n) is 5.67. The molecule has 2 aliphatic rings. The fourth-order valence-corrected chi connectivity index (χ4v) is 4.11. The Hall–Kier alpha value is -2.83. The van der Waals surface area contributed by atoms with Gasteiger partial charge in [0.2, 0.25) is 5.91 Å². The summed E-state index contributed by atoms with van der Waals surface area (Å²) in [7, 11) is 3.51. The molecule has 0 saturated carbocycles. The van der Waals surface area contributed by atoms with Crippen LogP contribution in [-0.2, 0) is 17.6 Å². The van der Waals surface area contributed by atoms with Crippen LogP contribution in [0.3, 0.4) is 0 Å². The van der Waals surface area contributed by atoms with Gasteiger partial charge in [-0.1, -0.05) is 18.2 Å². The fraction of sp³-hybridized carbons (Fsp3) is 0.476. The third kappa shape index (κ3) is 3.48. The highest BCUT2D eigenvalue weighted by atomic mass is 16.2. The van der Waals surface area contributed by atoms with E-state index in [-0.39, 0.29) is 17.9 Å². The van der Waals surface area contributed by atoms with Crippen LogP contribution in [0.1, 0.15) is 30.5 Å². The van der Waals surface area contributed by atoms with Gasteiger partial charge in [-0.15, -0.1) is 0 Å². The summed E-state index contributed by atoms with van der Waals surface area (Å²) in [6.45, 7) is 1.23. The van der Waals surface area contributed by atoms with Crippen LogP contribution in [0.15, 0.2) is 30.3 Å². The van der Waals surface area contributed by atoms with Gasteiger partial charge < -0.3 is 15.1 Å². The predicted molar refractivity (Wildman–Crippen MR) is 108 cm³/mol. The molecule has 1 aliphatic carbocycles. The zero-order valence-corrected chi connectivity index (χ0v) is 16.5. The minimum atomic E-state index is -0.0811. The molecule has 2 heterocycles. The average Bonchev–Trinajstić information content (AvgIpc) is 3.30. The van der Waals surface area contributed by atoms with Gasteiger partial charge in [0.25, 0.3) is 0 Å². The number of carbonyl (C=O) groups is 2. The van der Waals surface area contributed by atoms with Gasteiger partial charge in [0.05, 0.1) is 11.4 Å². The molecule has 0 unspecified atom stereocenters. The highest BCUT2D eigenvalue weighted by molar-refractivity contribution is 5.93. The van der Waals surface area contributed by atoms with Crippen LogP contribution in [-0.4, -0.2) is 58.7 Å². The number of fused-ring (bicyclic) bond motifs is 1. The van der Waals surface area contributed by atoms with E-state index in [0.29, 0.717) is 25.9 Å². The maximum Gasteiger partial charge on any atom is 0.319 e. The molecule has 2 aromatic rings. The van der Waals surface area contributed by atoms with Crippen LogP contribution >= 0.6 is 0 Å². The van der Waals surface area contributed by atoms with Gasteiger partial charge in [-0.25, -0.2) is 9.48 Å². The zero-order chi connectivity index (χ0) is 19.7. The maximum atomic E-state index is 13.0. The second-order valence-corrected chi connectivity index (χ2v) is 7.80. The number of benzene rings is 1. The van der Waals surface area contributed by atoms with Gasteiger partial charge in [0.1, 0.15) is 5.82 Å². The molecule has 1 fully saturated rings. The number of nitrogens with zero attached hydrogens (tertiary/aromatic N) is 4. The molecule has 4 rings (SSSR count). The molecule has 7 heteroatoms. The second-order valence-electron chi connectivity index (χ2n) is 7.80. The number of amides is 3. The van der Waals surface area contributed by atoms with Crippen molar-refractivity contribution in [2.24, 2.45) is 5.92 Å². The Morgan fingerprint density at radius 2 is 1.82 bits per heavy atom. The van der Waals surface area contributed by atoms with Crippen LogP contribution in [0.25, 0.3) is 5.69 Å². The number of nitrogens with one attached hydrogen (secondary N) is 1. The number of urea groups is 1. The highest BCUT2D eigenvalue weighted by Gasteiger charge is 2.30. The molecule has 7 nitrogen and oxygen atoms in total. The number of hydrogen-bond acceptors (Lipinski definition) is 3. The molecular formula is C21H27N5O2. The Kier molecular flexibility index (Phi) is 5.07. The molecule has 1 aromatic carbocycles. The van der Waals surface area contributed by atoms with E-state index in [1.54, 1.807) is 19.0 Å². The van der Waals surface area contributed by atoms with E-state index >= 15 is 0 Å². The first-order valence-corrected chi connectivity index (χ1v) is 9.98. The number of carbonyl (C=O) groups excluding carboxylic acids is 2. The first-order chi connectivity index (χ1) is 13.5. The van der Waals surface area contributed by atoms with Gasteiger partial charge in [-0.05, 0) is 44.2 Å². The number of likely N-dealkylation sites (tertiary alicyclic amines) is 1. The van der Waals surface area contributed by atoms with Crippen molar-refractivity contribution in [2.75, 3.05) is 32.5 Å². The van der Waals surface area contributed by atoms with Crippen LogP contribution in [0.2, 0.25) is 0 Å². The average molecular weight is 381 g/mol. The SMILES string of the molecule is CN(C)C(=O)N1CCC(C(=O)Nc2c3c(nn2-c2ccccc2)CCC3)CC1. The van der Waals surface area contributed by atoms with Gasteiger partial charge in [-0.3, -0.25) is 4.79 Å². The quantitative estimate of drug-likeness (QED) is 0.889. The third-order valence-corrected chi connectivity index (χ3v) is 5.67. The largest absolute Gasteiger partial charge is 0.331 e. The van der Waals surface area contributed by atoms with Gasteiger partial charge >= 0.3 is 6.03 Å². The van der Waals surface area contributed by atoms with E-state index in [0.717, 1.165) is 42.0 Å². The summed E-state index contributed by atoms with van der Waals surface area (Å²) >= 11 is 0. The fourth-order valence-electron chi connectivity index (χ4n) is 4.11. The van der Waals surface area contributed by atoms with E-state index in [1.165, 1.54) is 0 Å². The topological polar surface area (TPSA) is 70.5 Å². The van der Waals surface area contributed by atoms with E-state index in [4.69, 9.17) is 5.10 Å². The number of para-hydroxylation sites is 1. The van der Waals surface area contributed by atoms with Crippen LogP contribution < -0.4 is 5.32 Å². The molecule has 0 radical (unpaired) electrons. The predicted octanol–water partition coefficient (Wildman–Crippen LogP) is 2.69. The molecule has 3 amide bonds. The Labute approximate surface area is 165 Å². The van der Waals surface area contributed by atoms with Crippen molar-refractivity contribution in [3.63, 3.8) is 0 Å². The van der Waals surface area contributed by atoms with Crippen LogP contribution in [0, 0.1) is 5.92 Å². The molecule has 28 heavy (non-hydrogen) atoms. The zero-order valence-electron chi connectivity index (χ0n) is 16.5. The van der Waals surface area contributed by atoms with Gasteiger partial charge in [0, 0.05) is 38.7 Å². The molecule has 148 valence electrons. The molecule has 1 N–H and O–H groups in total. The van der Waals surface area contributed by atoms with Crippen molar-refractivity contribution in [3.8, 4) is 5.69 Å². The van der Waals surface area contributed by atoms with Crippen molar-refractivity contribution in [1.82, 2.24) is 19.6 Å². The minimum absolute atomic E-state index is 0.0128. The van der Waals surface area contributed by atoms with E-state index in [9.17, 15) is 9.59 Å². The van der Waals surface area contributed by atoms with Crippen LogP contribution in [0.4, 0.5) is 10.6 Å². The van der Waals surface area contributed by atoms with Crippen molar-refractivity contribution in [2.45, 2.75) is 32.1 Å². The first-order valence-electron chi connectivity index (χ1n) is 9.98. The molecular weight excluding hydrogens is 354 g/mol. The number of aromatic nitrogens is 2. The number of rotatable bonds is 3. The summed E-state index contributed by atoms with van der Waals surface area (Å²) in [5, 5.41) is 7.93. The molecule has 1 aliphatic heterocycles. The lowest BCUT2D eigenvalue weighted by atomic mass is 9.96. The molecule has 1 aromatic heterocycles. The van der Waals surface area contributed by atoms with E-state index in [2.05, 4.69) is 5.32 Å². The molecule has 0 bridgehead atoms. The first kappa shape index (κ1) is 18.5. The summed E-state index contributed by atoms with van der Waals surface area (Å²) in [5.74, 6) is 0.765. The van der Waals surface area contributed by atoms with Crippen molar-refractivity contribution in [1.29, 1.82) is 0 Å². The van der Waals surface area contributed by atoms with E-state index in [1.807, 2.05) is 39.9 Å². The summed E-state index contributed by atoms with van der Waals surface area (Å²) in [6.07, 6.45) is 4.37. The lowest BCUT2D eigenvalue weighted by Gasteiger charge is -2.33. The Balaban J connectivity index is 1.49. The molecule has 1 saturated heterocycles. The van der Waals surface area contributed by atoms with Gasteiger partial charge in [0.15, 0.2) is 0 Å². The van der Waals surface area contributed by atoms with Gasteiger partial charge in [-0.2, -0.15) is 5.10 Å². The second kappa shape index (κ2) is 7.66. The monoisotopic (exact) mass is 381 g/mol. The number of piperidine rings is 1. The lowest BCUT2D eigenvalue weighted by molar-refractivity contribution is -0.121. The summed E-state index contributed by atoms with van der Waals surface area (Å²) in [6, 6.07) is 9.95. The van der Waals surface area contributed by atoms with Crippen molar-refractivity contribution >= 4 is 17.8 Å².